The van der Waals surface area contributed by atoms with Crippen molar-refractivity contribution < 1.29 is 28.5 Å². The summed E-state index contributed by atoms with van der Waals surface area (Å²) in [6, 6.07) is 18.7. The minimum Gasteiger partial charge on any atom is -0.453 e. The van der Waals surface area contributed by atoms with Gasteiger partial charge in [0.25, 0.3) is 0 Å². The van der Waals surface area contributed by atoms with Crippen LogP contribution in [-0.2, 0) is 9.47 Å². The Morgan fingerprint density at radius 3 is 1.49 bits per heavy atom. The number of anilines is 2. The summed E-state index contributed by atoms with van der Waals surface area (Å²) in [6.45, 7) is 1.02. The standard InChI is InChI=1S/C27H30N4O6/c28-13-7-15-34-26(32)30-22-20(18-9-3-1-4-10-18)24-25(37-17-36-24)21(19-11-5-2-6-12-19)23(22)31-27(33)35-16-8-14-29/h1-6,9-12H,7-8,13-17,28-29H2,(H,30,32)(H,31,33). The Morgan fingerprint density at radius 1 is 0.703 bits per heavy atom. The Bertz CT molecular complexity index is 1130. The summed E-state index contributed by atoms with van der Waals surface area (Å²) in [7, 11) is 0. The average Bonchev–Trinajstić information content (AvgIpc) is 3.39. The number of benzene rings is 3. The molecule has 0 atom stereocenters. The Kier molecular flexibility index (Phi) is 8.79. The summed E-state index contributed by atoms with van der Waals surface area (Å²) in [5.41, 5.74) is 14.2. The maximum absolute atomic E-state index is 12.9. The molecule has 4 rings (SSSR count). The molecule has 0 unspecified atom stereocenters. The summed E-state index contributed by atoms with van der Waals surface area (Å²) < 4.78 is 22.5. The summed E-state index contributed by atoms with van der Waals surface area (Å²) in [5, 5.41) is 5.64. The van der Waals surface area contributed by atoms with E-state index in [2.05, 4.69) is 10.6 Å². The van der Waals surface area contributed by atoms with Gasteiger partial charge in [0.1, 0.15) is 0 Å². The van der Waals surface area contributed by atoms with E-state index in [0.29, 0.717) is 48.6 Å². The van der Waals surface area contributed by atoms with Crippen molar-refractivity contribution in [3.63, 3.8) is 0 Å². The van der Waals surface area contributed by atoms with Gasteiger partial charge in [0.15, 0.2) is 11.5 Å². The third-order valence-electron chi connectivity index (χ3n) is 5.56. The van der Waals surface area contributed by atoms with Crippen molar-refractivity contribution in [1.82, 2.24) is 0 Å². The summed E-state index contributed by atoms with van der Waals surface area (Å²) >= 11 is 0. The number of amides is 2. The zero-order chi connectivity index (χ0) is 26.0. The number of carbonyl (C=O) groups excluding carboxylic acids is 2. The lowest BCUT2D eigenvalue weighted by Gasteiger charge is -2.22. The molecule has 0 saturated heterocycles. The van der Waals surface area contributed by atoms with E-state index in [9.17, 15) is 9.59 Å². The normalized spacial score (nSPS) is 11.6. The fourth-order valence-electron chi connectivity index (χ4n) is 3.91. The van der Waals surface area contributed by atoms with E-state index in [4.69, 9.17) is 30.4 Å². The smallest absolute Gasteiger partial charge is 0.411 e. The molecule has 1 aliphatic heterocycles. The minimum absolute atomic E-state index is 0.0280. The number of nitrogens with two attached hydrogens (primary N) is 2. The van der Waals surface area contributed by atoms with Gasteiger partial charge in [-0.15, -0.1) is 0 Å². The highest BCUT2D eigenvalue weighted by Gasteiger charge is 2.33. The first-order chi connectivity index (χ1) is 18.1. The first kappa shape index (κ1) is 25.8. The number of ether oxygens (including phenoxy) is 4. The van der Waals surface area contributed by atoms with Crippen LogP contribution >= 0.6 is 0 Å². The molecule has 1 aliphatic rings. The topological polar surface area (TPSA) is 147 Å². The molecule has 2 amide bonds. The van der Waals surface area contributed by atoms with E-state index in [0.717, 1.165) is 11.1 Å². The Morgan fingerprint density at radius 2 is 1.11 bits per heavy atom. The van der Waals surface area contributed by atoms with Crippen molar-refractivity contribution in [3.8, 4) is 33.8 Å². The second kappa shape index (κ2) is 12.6. The number of hydrogen-bond acceptors (Lipinski definition) is 8. The van der Waals surface area contributed by atoms with E-state index < -0.39 is 12.2 Å². The molecule has 194 valence electrons. The molecular weight excluding hydrogens is 476 g/mol. The third-order valence-corrected chi connectivity index (χ3v) is 5.56. The van der Waals surface area contributed by atoms with Crippen molar-refractivity contribution in [2.75, 3.05) is 43.7 Å². The van der Waals surface area contributed by atoms with Crippen LogP contribution in [0.1, 0.15) is 12.8 Å². The molecule has 3 aromatic carbocycles. The lowest BCUT2D eigenvalue weighted by Crippen LogP contribution is -2.21. The maximum Gasteiger partial charge on any atom is 0.411 e. The molecule has 3 aromatic rings. The first-order valence-electron chi connectivity index (χ1n) is 12.0. The molecule has 10 nitrogen and oxygen atoms in total. The van der Waals surface area contributed by atoms with Crippen LogP contribution in [0.25, 0.3) is 22.3 Å². The number of nitrogens with one attached hydrogen (secondary N) is 2. The van der Waals surface area contributed by atoms with Gasteiger partial charge in [-0.05, 0) is 37.1 Å². The van der Waals surface area contributed by atoms with Crippen LogP contribution < -0.4 is 31.6 Å². The Labute approximate surface area is 214 Å². The predicted molar refractivity (Wildman–Crippen MR) is 141 cm³/mol. The van der Waals surface area contributed by atoms with E-state index >= 15 is 0 Å². The predicted octanol–water partition coefficient (Wildman–Crippen LogP) is 4.54. The van der Waals surface area contributed by atoms with E-state index in [1.165, 1.54) is 0 Å². The molecule has 0 bridgehead atoms. The summed E-state index contributed by atoms with van der Waals surface area (Å²) in [6.07, 6.45) is -0.395. The quantitative estimate of drug-likeness (QED) is 0.293. The molecule has 0 spiro atoms. The van der Waals surface area contributed by atoms with Gasteiger partial charge in [0.2, 0.25) is 6.79 Å². The van der Waals surface area contributed by atoms with Crippen molar-refractivity contribution in [2.24, 2.45) is 11.5 Å². The van der Waals surface area contributed by atoms with Crippen molar-refractivity contribution in [2.45, 2.75) is 12.8 Å². The Balaban J connectivity index is 1.91. The Hall–Kier alpha value is -4.28. The SMILES string of the molecule is NCCCOC(=O)Nc1c(NC(=O)OCCCN)c(-c2ccccc2)c2c(c1-c1ccccc1)OCO2. The average molecular weight is 507 g/mol. The monoisotopic (exact) mass is 506 g/mol. The van der Waals surface area contributed by atoms with Crippen LogP contribution in [0.4, 0.5) is 21.0 Å². The summed E-state index contributed by atoms with van der Waals surface area (Å²) in [4.78, 5) is 25.7. The number of rotatable bonds is 10. The molecule has 6 N–H and O–H groups in total. The molecule has 0 aliphatic carbocycles. The lowest BCUT2D eigenvalue weighted by atomic mass is 9.93. The van der Waals surface area contributed by atoms with Crippen molar-refractivity contribution in [1.29, 1.82) is 0 Å². The number of fused-ring (bicyclic) bond motifs is 1. The summed E-state index contributed by atoms with van der Waals surface area (Å²) in [5.74, 6) is 0.869. The second-order valence-electron chi connectivity index (χ2n) is 8.10. The van der Waals surface area contributed by atoms with E-state index in [-0.39, 0.29) is 31.4 Å². The fourth-order valence-corrected chi connectivity index (χ4v) is 3.91. The van der Waals surface area contributed by atoms with Crippen LogP contribution in [0.3, 0.4) is 0 Å². The van der Waals surface area contributed by atoms with E-state index in [1.54, 1.807) is 0 Å². The zero-order valence-corrected chi connectivity index (χ0v) is 20.3. The number of hydrogen-bond donors (Lipinski definition) is 4. The van der Waals surface area contributed by atoms with Gasteiger partial charge in [-0.3, -0.25) is 10.6 Å². The largest absolute Gasteiger partial charge is 0.453 e. The molecule has 0 aromatic heterocycles. The van der Waals surface area contributed by atoms with Gasteiger partial charge in [-0.2, -0.15) is 0 Å². The second-order valence-corrected chi connectivity index (χ2v) is 8.10. The van der Waals surface area contributed by atoms with Gasteiger partial charge < -0.3 is 30.4 Å². The van der Waals surface area contributed by atoms with Crippen LogP contribution in [0.2, 0.25) is 0 Å². The molecule has 0 saturated carbocycles. The number of carbonyl (C=O) groups is 2. The molecular formula is C27H30N4O6. The van der Waals surface area contributed by atoms with Gasteiger partial charge in [0, 0.05) is 0 Å². The first-order valence-corrected chi connectivity index (χ1v) is 12.0. The molecule has 37 heavy (non-hydrogen) atoms. The van der Waals surface area contributed by atoms with Gasteiger partial charge >= 0.3 is 12.2 Å². The highest BCUT2D eigenvalue weighted by atomic mass is 16.7. The molecule has 1 heterocycles. The van der Waals surface area contributed by atoms with Crippen LogP contribution in [0.5, 0.6) is 11.5 Å². The molecule has 0 radical (unpaired) electrons. The van der Waals surface area contributed by atoms with Crippen molar-refractivity contribution in [3.05, 3.63) is 60.7 Å². The molecule has 0 fully saturated rings. The van der Waals surface area contributed by atoms with E-state index in [1.807, 2.05) is 60.7 Å². The zero-order valence-electron chi connectivity index (χ0n) is 20.3. The van der Waals surface area contributed by atoms with Gasteiger partial charge in [-0.25, -0.2) is 9.59 Å². The minimum atomic E-state index is -0.706. The van der Waals surface area contributed by atoms with Gasteiger partial charge in [-0.1, -0.05) is 60.7 Å². The lowest BCUT2D eigenvalue weighted by molar-refractivity contribution is 0.159. The molecule has 10 heteroatoms. The maximum atomic E-state index is 12.9. The van der Waals surface area contributed by atoms with Crippen LogP contribution in [0, 0.1) is 0 Å². The van der Waals surface area contributed by atoms with Crippen LogP contribution in [-0.4, -0.2) is 45.3 Å². The highest BCUT2D eigenvalue weighted by Crippen LogP contribution is 2.56. The van der Waals surface area contributed by atoms with Crippen molar-refractivity contribution >= 4 is 23.6 Å². The fraction of sp³-hybridized carbons (Fsp3) is 0.259. The highest BCUT2D eigenvalue weighted by molar-refractivity contribution is 6.10. The van der Waals surface area contributed by atoms with Crippen LogP contribution in [0.15, 0.2) is 60.7 Å². The van der Waals surface area contributed by atoms with Gasteiger partial charge in [0.05, 0.1) is 35.7 Å². The third kappa shape index (κ3) is 6.11.